The smallest absolute Gasteiger partial charge is 0.250 e. The van der Waals surface area contributed by atoms with Gasteiger partial charge in [-0.05, 0) is 36.2 Å². The lowest BCUT2D eigenvalue weighted by Crippen LogP contribution is -2.39. The second-order valence-electron chi connectivity index (χ2n) is 4.45. The second kappa shape index (κ2) is 6.65. The molecule has 0 saturated carbocycles. The molecule has 0 spiro atoms. The molecule has 0 amide bonds. The summed E-state index contributed by atoms with van der Waals surface area (Å²) < 4.78 is 6.42. The van der Waals surface area contributed by atoms with Gasteiger partial charge in [-0.25, -0.2) is 0 Å². The molecular weight excluding hydrogens is 224 g/mol. The fourth-order valence-electron chi connectivity index (χ4n) is 2.13. The van der Waals surface area contributed by atoms with Gasteiger partial charge < -0.3 is 4.43 Å². The van der Waals surface area contributed by atoms with E-state index in [9.17, 15) is 0 Å². The average Bonchev–Trinajstić information content (AvgIpc) is 2.38. The molecule has 0 bridgehead atoms. The predicted octanol–water partition coefficient (Wildman–Crippen LogP) is 4.80. The molecule has 1 rings (SSSR count). The highest BCUT2D eigenvalue weighted by atomic mass is 28.4. The van der Waals surface area contributed by atoms with E-state index in [1.54, 1.807) is 0 Å². The first-order valence-electron chi connectivity index (χ1n) is 6.59. The van der Waals surface area contributed by atoms with Crippen LogP contribution in [0, 0.1) is 0 Å². The van der Waals surface area contributed by atoms with E-state index in [1.165, 1.54) is 23.7 Å². The molecule has 0 saturated heterocycles. The summed E-state index contributed by atoms with van der Waals surface area (Å²) in [7, 11) is -1.55. The number of hydrogen-bond acceptors (Lipinski definition) is 1. The van der Waals surface area contributed by atoms with Crippen molar-refractivity contribution < 1.29 is 4.43 Å². The Kier molecular flexibility index (Phi) is 5.49. The van der Waals surface area contributed by atoms with Gasteiger partial charge in [-0.2, -0.15) is 0 Å². The van der Waals surface area contributed by atoms with Gasteiger partial charge >= 0.3 is 0 Å². The van der Waals surface area contributed by atoms with E-state index < -0.39 is 8.32 Å². The molecular formula is C15H24OSi. The van der Waals surface area contributed by atoms with Crippen LogP contribution in [0.25, 0.3) is 0 Å². The van der Waals surface area contributed by atoms with Crippen LogP contribution in [0.1, 0.15) is 26.3 Å². The summed E-state index contributed by atoms with van der Waals surface area (Å²) >= 11 is 0. The van der Waals surface area contributed by atoms with E-state index >= 15 is 0 Å². The summed E-state index contributed by atoms with van der Waals surface area (Å²) in [4.78, 5) is 0. The third-order valence-corrected chi connectivity index (χ3v) is 8.12. The van der Waals surface area contributed by atoms with Gasteiger partial charge in [0.2, 0.25) is 8.32 Å². The molecule has 0 heterocycles. The number of benzene rings is 1. The molecule has 0 radical (unpaired) electrons. The van der Waals surface area contributed by atoms with Crippen LogP contribution in [0.3, 0.4) is 0 Å². The number of hydrogen-bond donors (Lipinski definition) is 0. The van der Waals surface area contributed by atoms with Crippen molar-refractivity contribution in [3.63, 3.8) is 0 Å². The molecule has 1 aromatic rings. The van der Waals surface area contributed by atoms with E-state index in [0.29, 0.717) is 0 Å². The van der Waals surface area contributed by atoms with Gasteiger partial charge in [0, 0.05) is 0 Å². The van der Waals surface area contributed by atoms with Gasteiger partial charge in [0.15, 0.2) is 0 Å². The lowest BCUT2D eigenvalue weighted by atomic mass is 10.1. The van der Waals surface area contributed by atoms with Crippen LogP contribution in [-0.2, 0) is 6.42 Å². The summed E-state index contributed by atoms with van der Waals surface area (Å²) in [6.45, 7) is 10.6. The SMILES string of the molecule is C=CCc1ccccc1O[Si](CC)(CC)CC. The Morgan fingerprint density at radius 2 is 1.71 bits per heavy atom. The minimum absolute atomic E-state index is 0.887. The molecule has 17 heavy (non-hydrogen) atoms. The fourth-order valence-corrected chi connectivity index (χ4v) is 4.73. The largest absolute Gasteiger partial charge is 0.543 e. The Morgan fingerprint density at radius 1 is 1.12 bits per heavy atom. The van der Waals surface area contributed by atoms with Gasteiger partial charge in [-0.1, -0.05) is 45.0 Å². The Labute approximate surface area is 107 Å². The van der Waals surface area contributed by atoms with Gasteiger partial charge in [0.1, 0.15) is 5.75 Å². The average molecular weight is 248 g/mol. The van der Waals surface area contributed by atoms with Crippen molar-refractivity contribution in [2.75, 3.05) is 0 Å². The summed E-state index contributed by atoms with van der Waals surface area (Å²) in [6, 6.07) is 11.9. The highest BCUT2D eigenvalue weighted by Crippen LogP contribution is 2.28. The van der Waals surface area contributed by atoms with Gasteiger partial charge in [-0.3, -0.25) is 0 Å². The number of para-hydroxylation sites is 1. The van der Waals surface area contributed by atoms with E-state index in [-0.39, 0.29) is 0 Å². The number of rotatable bonds is 7. The molecule has 94 valence electrons. The molecule has 0 unspecified atom stereocenters. The van der Waals surface area contributed by atoms with Crippen molar-refractivity contribution in [2.45, 2.75) is 45.3 Å². The maximum Gasteiger partial charge on any atom is 0.250 e. The molecule has 0 aliphatic carbocycles. The zero-order valence-electron chi connectivity index (χ0n) is 11.3. The highest BCUT2D eigenvalue weighted by molar-refractivity contribution is 6.74. The second-order valence-corrected chi connectivity index (χ2v) is 9.14. The summed E-state index contributed by atoms with van der Waals surface area (Å²) in [5, 5.41) is 0. The Hall–Kier alpha value is -1.02. The molecule has 0 aromatic heterocycles. The zero-order valence-corrected chi connectivity index (χ0v) is 12.3. The van der Waals surface area contributed by atoms with Crippen LogP contribution in [0.2, 0.25) is 18.1 Å². The first-order valence-corrected chi connectivity index (χ1v) is 9.12. The first-order chi connectivity index (χ1) is 8.21. The van der Waals surface area contributed by atoms with Gasteiger partial charge in [0.05, 0.1) is 0 Å². The Morgan fingerprint density at radius 3 is 2.24 bits per heavy atom. The van der Waals surface area contributed by atoms with E-state index in [1.807, 2.05) is 6.08 Å². The van der Waals surface area contributed by atoms with Crippen molar-refractivity contribution >= 4 is 8.32 Å². The molecule has 0 N–H and O–H groups in total. The summed E-state index contributed by atoms with van der Waals surface area (Å²) in [5.74, 6) is 1.07. The highest BCUT2D eigenvalue weighted by Gasteiger charge is 2.31. The monoisotopic (exact) mass is 248 g/mol. The summed E-state index contributed by atoms with van der Waals surface area (Å²) in [5.41, 5.74) is 1.26. The standard InChI is InChI=1S/C15H24OSi/c1-5-11-14-12-9-10-13-15(14)16-17(6-2,7-3)8-4/h5,9-10,12-13H,1,6-8,11H2,2-4H3. The van der Waals surface area contributed by atoms with Gasteiger partial charge in [0.25, 0.3) is 0 Å². The third kappa shape index (κ3) is 3.47. The zero-order chi connectivity index (χ0) is 12.7. The molecule has 0 atom stereocenters. The van der Waals surface area contributed by atoms with Crippen LogP contribution >= 0.6 is 0 Å². The van der Waals surface area contributed by atoms with Gasteiger partial charge in [-0.15, -0.1) is 6.58 Å². The molecule has 0 fully saturated rings. The van der Waals surface area contributed by atoms with E-state index in [4.69, 9.17) is 4.43 Å². The van der Waals surface area contributed by atoms with Crippen LogP contribution < -0.4 is 4.43 Å². The summed E-state index contributed by atoms with van der Waals surface area (Å²) in [6.07, 6.45) is 2.83. The minimum Gasteiger partial charge on any atom is -0.543 e. The molecule has 0 aliphatic heterocycles. The van der Waals surface area contributed by atoms with Crippen molar-refractivity contribution in [1.29, 1.82) is 0 Å². The van der Waals surface area contributed by atoms with Crippen LogP contribution in [0.15, 0.2) is 36.9 Å². The maximum atomic E-state index is 6.42. The maximum absolute atomic E-state index is 6.42. The van der Waals surface area contributed by atoms with E-state index in [2.05, 4.69) is 51.6 Å². The molecule has 1 nitrogen and oxygen atoms in total. The Balaban J connectivity index is 2.96. The van der Waals surface area contributed by atoms with Crippen molar-refractivity contribution in [2.24, 2.45) is 0 Å². The van der Waals surface area contributed by atoms with Crippen LogP contribution in [0.4, 0.5) is 0 Å². The topological polar surface area (TPSA) is 9.23 Å². The van der Waals surface area contributed by atoms with Crippen LogP contribution in [-0.4, -0.2) is 8.32 Å². The fraction of sp³-hybridized carbons (Fsp3) is 0.467. The lowest BCUT2D eigenvalue weighted by molar-refractivity contribution is 0.526. The number of allylic oxidation sites excluding steroid dienone is 1. The van der Waals surface area contributed by atoms with Crippen molar-refractivity contribution in [3.8, 4) is 5.75 Å². The van der Waals surface area contributed by atoms with Crippen molar-refractivity contribution in [3.05, 3.63) is 42.5 Å². The normalized spacial score (nSPS) is 11.2. The molecule has 1 aromatic carbocycles. The molecule has 2 heteroatoms. The Bertz CT molecular complexity index is 347. The minimum atomic E-state index is -1.55. The first kappa shape index (κ1) is 14.0. The molecule has 0 aliphatic rings. The third-order valence-electron chi connectivity index (χ3n) is 3.60. The van der Waals surface area contributed by atoms with E-state index in [0.717, 1.165) is 12.2 Å². The quantitative estimate of drug-likeness (QED) is 0.497. The lowest BCUT2D eigenvalue weighted by Gasteiger charge is -2.30. The van der Waals surface area contributed by atoms with Crippen molar-refractivity contribution in [1.82, 2.24) is 0 Å². The van der Waals surface area contributed by atoms with Crippen LogP contribution in [0.5, 0.6) is 5.75 Å². The predicted molar refractivity (Wildman–Crippen MR) is 78.2 cm³/mol.